The van der Waals surface area contributed by atoms with E-state index < -0.39 is 0 Å². The van der Waals surface area contributed by atoms with Gasteiger partial charge in [0.2, 0.25) is 0 Å². The first kappa shape index (κ1) is 6.36. The average molecular weight is 135 g/mol. The minimum absolute atomic E-state index is 0.848. The number of para-hydroxylation sites is 1. The summed E-state index contributed by atoms with van der Waals surface area (Å²) in [7, 11) is 0. The molecule has 0 radical (unpaired) electrons. The van der Waals surface area contributed by atoms with Crippen LogP contribution < -0.4 is 11.0 Å². The first-order chi connectivity index (χ1) is 4.93. The highest BCUT2D eigenvalue weighted by molar-refractivity contribution is 5.41. The molecule has 0 aromatic heterocycles. The van der Waals surface area contributed by atoms with E-state index in [2.05, 4.69) is 16.0 Å². The maximum atomic E-state index is 7.98. The van der Waals surface area contributed by atoms with Gasteiger partial charge in [0, 0.05) is 0 Å². The second-order valence-electron chi connectivity index (χ2n) is 1.70. The molecule has 0 bridgehead atoms. The van der Waals surface area contributed by atoms with Crippen LogP contribution in [0, 0.1) is 5.39 Å². The van der Waals surface area contributed by atoms with Gasteiger partial charge in [-0.2, -0.15) is 0 Å². The van der Waals surface area contributed by atoms with Crippen LogP contribution in [0.25, 0.3) is 5.08 Å². The van der Waals surface area contributed by atoms with Gasteiger partial charge in [0.25, 0.3) is 5.39 Å². The Morgan fingerprint density at radius 1 is 1.20 bits per heavy atom. The smallest absolute Gasteiger partial charge is 0.236 e. The zero-order valence-corrected chi connectivity index (χ0v) is 5.28. The molecule has 0 heterocycles. The number of nitrogens with one attached hydrogen (secondary N) is 2. The molecule has 4 heteroatoms. The molecule has 0 spiro atoms. The molecule has 0 aliphatic heterocycles. The van der Waals surface area contributed by atoms with E-state index in [1.54, 1.807) is 0 Å². The normalized spacial score (nSPS) is 7.90. The topological polar surface area (TPSA) is 52.2 Å². The quantitative estimate of drug-likeness (QED) is 0.475. The molecule has 10 heavy (non-hydrogen) atoms. The van der Waals surface area contributed by atoms with E-state index in [1.165, 1.54) is 0 Å². The lowest BCUT2D eigenvalue weighted by Gasteiger charge is -1.93. The molecule has 2 N–H and O–H groups in total. The van der Waals surface area contributed by atoms with E-state index in [0.717, 1.165) is 5.69 Å². The van der Waals surface area contributed by atoms with Crippen molar-refractivity contribution in [2.45, 2.75) is 0 Å². The summed E-state index contributed by atoms with van der Waals surface area (Å²) in [6, 6.07) is 9.35. The van der Waals surface area contributed by atoms with Gasteiger partial charge in [0.05, 0.1) is 11.2 Å². The number of hydrogen-bond donors (Lipinski definition) is 2. The zero-order valence-electron chi connectivity index (χ0n) is 5.28. The molecule has 50 valence electrons. The summed E-state index contributed by atoms with van der Waals surface area (Å²) in [5, 5.41) is 10.6. The molecule has 1 rings (SSSR count). The van der Waals surface area contributed by atoms with Crippen LogP contribution in [-0.4, -0.2) is 0 Å². The molecular formula is C6H7N4+. The molecule has 0 aliphatic carbocycles. The highest BCUT2D eigenvalue weighted by Gasteiger charge is 1.88. The maximum absolute atomic E-state index is 7.98. The van der Waals surface area contributed by atoms with Crippen LogP contribution in [0.15, 0.2) is 30.3 Å². The van der Waals surface area contributed by atoms with Crippen molar-refractivity contribution in [1.29, 1.82) is 5.39 Å². The molecule has 0 atom stereocenters. The Hall–Kier alpha value is -1.76. The summed E-state index contributed by atoms with van der Waals surface area (Å²) < 4.78 is 0. The Labute approximate surface area is 58.4 Å². The zero-order chi connectivity index (χ0) is 7.23. The van der Waals surface area contributed by atoms with Gasteiger partial charge in [-0.15, -0.1) is 0 Å². The SMILES string of the molecule is N#[N+]NNc1ccccc1. The highest BCUT2D eigenvalue weighted by atomic mass is 15.6. The van der Waals surface area contributed by atoms with Gasteiger partial charge in [0.15, 0.2) is 0 Å². The molecular weight excluding hydrogens is 128 g/mol. The molecule has 1 aromatic rings. The van der Waals surface area contributed by atoms with Gasteiger partial charge in [-0.05, 0) is 12.1 Å². The van der Waals surface area contributed by atoms with Crippen molar-refractivity contribution >= 4 is 5.69 Å². The fourth-order valence-corrected chi connectivity index (χ4v) is 0.611. The molecule has 0 fully saturated rings. The third kappa shape index (κ3) is 1.63. The van der Waals surface area contributed by atoms with Crippen LogP contribution in [0.4, 0.5) is 5.69 Å². The Bertz CT molecular complexity index is 225. The fourth-order valence-electron chi connectivity index (χ4n) is 0.611. The maximum Gasteiger partial charge on any atom is 0.325 e. The molecule has 0 saturated heterocycles. The number of anilines is 1. The summed E-state index contributed by atoms with van der Waals surface area (Å²) in [5.41, 5.74) is 5.67. The second kappa shape index (κ2) is 3.30. The van der Waals surface area contributed by atoms with Crippen LogP contribution in [0.5, 0.6) is 0 Å². The molecule has 0 amide bonds. The van der Waals surface area contributed by atoms with Gasteiger partial charge in [-0.1, -0.05) is 18.2 Å². The van der Waals surface area contributed by atoms with Gasteiger partial charge in [0.1, 0.15) is 0 Å². The number of nitrogens with zero attached hydrogens (tertiary/aromatic N) is 2. The van der Waals surface area contributed by atoms with Gasteiger partial charge in [-0.25, -0.2) is 5.43 Å². The highest BCUT2D eigenvalue weighted by Crippen LogP contribution is 2.01. The van der Waals surface area contributed by atoms with Crippen molar-refractivity contribution in [2.75, 3.05) is 5.43 Å². The van der Waals surface area contributed by atoms with Gasteiger partial charge < -0.3 is 0 Å². The van der Waals surface area contributed by atoms with Crippen molar-refractivity contribution in [3.63, 3.8) is 0 Å². The van der Waals surface area contributed by atoms with E-state index in [1.807, 2.05) is 30.3 Å². The monoisotopic (exact) mass is 135 g/mol. The van der Waals surface area contributed by atoms with Crippen LogP contribution >= 0.6 is 0 Å². The lowest BCUT2D eigenvalue weighted by Crippen LogP contribution is -2.11. The van der Waals surface area contributed by atoms with Crippen molar-refractivity contribution in [3.05, 3.63) is 35.4 Å². The largest absolute Gasteiger partial charge is 0.325 e. The van der Waals surface area contributed by atoms with E-state index in [0.29, 0.717) is 0 Å². The number of hydrazine groups is 1. The third-order valence-electron chi connectivity index (χ3n) is 1.02. The molecule has 0 unspecified atom stereocenters. The second-order valence-corrected chi connectivity index (χ2v) is 1.70. The van der Waals surface area contributed by atoms with E-state index in [9.17, 15) is 0 Å². The van der Waals surface area contributed by atoms with Gasteiger partial charge >= 0.3 is 5.08 Å². The summed E-state index contributed by atoms with van der Waals surface area (Å²) in [4.78, 5) is 0. The predicted octanol–water partition coefficient (Wildman–Crippen LogP) is 1.37. The number of benzene rings is 1. The van der Waals surface area contributed by atoms with Crippen LogP contribution in [-0.2, 0) is 0 Å². The Morgan fingerprint density at radius 2 is 1.90 bits per heavy atom. The first-order valence-corrected chi connectivity index (χ1v) is 2.83. The van der Waals surface area contributed by atoms with Crippen molar-refractivity contribution in [2.24, 2.45) is 0 Å². The van der Waals surface area contributed by atoms with Crippen LogP contribution in [0.3, 0.4) is 0 Å². The molecule has 4 nitrogen and oxygen atoms in total. The van der Waals surface area contributed by atoms with Crippen LogP contribution in [0.2, 0.25) is 0 Å². The van der Waals surface area contributed by atoms with Crippen molar-refractivity contribution < 1.29 is 0 Å². The van der Waals surface area contributed by atoms with Crippen LogP contribution in [0.1, 0.15) is 0 Å². The Kier molecular flexibility index (Phi) is 2.10. The Morgan fingerprint density at radius 3 is 2.50 bits per heavy atom. The predicted molar refractivity (Wildman–Crippen MR) is 38.3 cm³/mol. The number of diazo groups is 1. The fraction of sp³-hybridized carbons (Fsp3) is 0. The lowest BCUT2D eigenvalue weighted by molar-refractivity contribution is 1.01. The van der Waals surface area contributed by atoms with E-state index in [4.69, 9.17) is 5.39 Å². The summed E-state index contributed by atoms with van der Waals surface area (Å²) in [6.45, 7) is 0. The van der Waals surface area contributed by atoms with Crippen molar-refractivity contribution in [1.82, 2.24) is 5.53 Å². The molecule has 0 saturated carbocycles. The Balaban J connectivity index is 2.52. The minimum Gasteiger partial charge on any atom is -0.236 e. The summed E-state index contributed by atoms with van der Waals surface area (Å²) in [5.74, 6) is 0. The molecule has 1 aromatic carbocycles. The third-order valence-corrected chi connectivity index (χ3v) is 1.02. The van der Waals surface area contributed by atoms with E-state index in [-0.39, 0.29) is 0 Å². The van der Waals surface area contributed by atoms with Gasteiger partial charge in [-0.3, -0.25) is 0 Å². The average Bonchev–Trinajstić information content (AvgIpc) is 2.03. The minimum atomic E-state index is 0.848. The van der Waals surface area contributed by atoms with Crippen molar-refractivity contribution in [3.8, 4) is 0 Å². The standard InChI is InChI=1S/C6H6N4/c7-9-10-8-6-4-2-1-3-5-6/h1-5,7H/p+1. The summed E-state index contributed by atoms with van der Waals surface area (Å²) in [6.07, 6.45) is 0. The number of rotatable bonds is 2. The molecule has 0 aliphatic rings. The summed E-state index contributed by atoms with van der Waals surface area (Å²) >= 11 is 0. The van der Waals surface area contributed by atoms with E-state index >= 15 is 0 Å². The first-order valence-electron chi connectivity index (χ1n) is 2.83. The number of hydrogen-bond acceptors (Lipinski definition) is 3. The lowest BCUT2D eigenvalue weighted by atomic mass is 10.3.